The van der Waals surface area contributed by atoms with Crippen LogP contribution < -0.4 is 15.4 Å². The lowest BCUT2D eigenvalue weighted by molar-refractivity contribution is 0.407. The molecule has 2 N–H and O–H groups in total. The summed E-state index contributed by atoms with van der Waals surface area (Å²) in [6.45, 7) is 10.5. The van der Waals surface area contributed by atoms with Crippen LogP contribution >= 0.6 is 0 Å². The Morgan fingerprint density at radius 2 is 2.05 bits per heavy atom. The summed E-state index contributed by atoms with van der Waals surface area (Å²) in [6.07, 6.45) is 2.91. The van der Waals surface area contributed by atoms with E-state index in [1.54, 1.807) is 7.11 Å². The predicted molar refractivity (Wildman–Crippen MR) is 83.4 cm³/mol. The molecule has 20 heavy (non-hydrogen) atoms. The van der Waals surface area contributed by atoms with Crippen molar-refractivity contribution in [3.63, 3.8) is 0 Å². The van der Waals surface area contributed by atoms with Gasteiger partial charge in [-0.1, -0.05) is 6.92 Å². The zero-order valence-corrected chi connectivity index (χ0v) is 13.2. The topological polar surface area (TPSA) is 58.5 Å². The minimum Gasteiger partial charge on any atom is -0.496 e. The summed E-state index contributed by atoms with van der Waals surface area (Å²) in [7, 11) is 1.69. The number of methoxy groups -OCH3 is 1. The van der Waals surface area contributed by atoms with Gasteiger partial charge in [-0.25, -0.2) is 4.99 Å². The Balaban J connectivity index is 2.85. The van der Waals surface area contributed by atoms with Crippen LogP contribution in [0.3, 0.4) is 0 Å². The van der Waals surface area contributed by atoms with Gasteiger partial charge in [0.05, 0.1) is 19.3 Å². The molecule has 0 bridgehead atoms. The number of pyridine rings is 1. The zero-order chi connectivity index (χ0) is 15.0. The molecule has 0 saturated carbocycles. The summed E-state index contributed by atoms with van der Waals surface area (Å²) in [5.74, 6) is 1.73. The van der Waals surface area contributed by atoms with Crippen LogP contribution in [0.4, 0.5) is 0 Å². The quantitative estimate of drug-likeness (QED) is 0.618. The molecule has 1 aromatic rings. The average Bonchev–Trinajstić information content (AvgIpc) is 2.44. The predicted octanol–water partition coefficient (Wildman–Crippen LogP) is 2.17. The van der Waals surface area contributed by atoms with Crippen molar-refractivity contribution in [2.45, 2.75) is 40.7 Å². The number of hydrogen-bond donors (Lipinski definition) is 2. The third kappa shape index (κ3) is 4.40. The van der Waals surface area contributed by atoms with Gasteiger partial charge >= 0.3 is 0 Å². The van der Waals surface area contributed by atoms with Gasteiger partial charge in [-0.15, -0.1) is 0 Å². The first-order valence-corrected chi connectivity index (χ1v) is 7.15. The molecule has 5 nitrogen and oxygen atoms in total. The van der Waals surface area contributed by atoms with Crippen molar-refractivity contribution < 1.29 is 4.74 Å². The second kappa shape index (κ2) is 8.40. The number of hydrogen-bond acceptors (Lipinski definition) is 3. The molecule has 0 unspecified atom stereocenters. The summed E-state index contributed by atoms with van der Waals surface area (Å²) in [5, 5.41) is 6.51. The Kier molecular flexibility index (Phi) is 6.84. The van der Waals surface area contributed by atoms with Crippen molar-refractivity contribution in [3.8, 4) is 5.75 Å². The van der Waals surface area contributed by atoms with E-state index in [1.807, 2.05) is 20.0 Å². The van der Waals surface area contributed by atoms with E-state index < -0.39 is 0 Å². The third-order valence-corrected chi connectivity index (χ3v) is 3.02. The number of nitrogens with one attached hydrogen (secondary N) is 2. The largest absolute Gasteiger partial charge is 0.496 e. The molecule has 0 aromatic carbocycles. The lowest BCUT2D eigenvalue weighted by Gasteiger charge is -2.13. The summed E-state index contributed by atoms with van der Waals surface area (Å²) in [4.78, 5) is 9.02. The summed E-state index contributed by atoms with van der Waals surface area (Å²) < 4.78 is 5.42. The first kappa shape index (κ1) is 16.3. The number of aromatic nitrogens is 1. The molecule has 1 aromatic heterocycles. The summed E-state index contributed by atoms with van der Waals surface area (Å²) >= 11 is 0. The number of rotatable bonds is 6. The standard InChI is InChI=1S/C15H26N4O/c1-6-8-17-15(16-7-2)19-10-13-12(4)14(20-5)11(3)9-18-13/h9H,6-8,10H2,1-5H3,(H2,16,17,19). The van der Waals surface area contributed by atoms with E-state index in [1.165, 1.54) is 0 Å². The van der Waals surface area contributed by atoms with Crippen LogP contribution in [-0.2, 0) is 6.54 Å². The van der Waals surface area contributed by atoms with Crippen molar-refractivity contribution in [3.05, 3.63) is 23.0 Å². The van der Waals surface area contributed by atoms with Crippen molar-refractivity contribution in [2.24, 2.45) is 4.99 Å². The third-order valence-electron chi connectivity index (χ3n) is 3.02. The van der Waals surface area contributed by atoms with Crippen LogP contribution in [0, 0.1) is 13.8 Å². The van der Waals surface area contributed by atoms with Crippen LogP contribution in [0.25, 0.3) is 0 Å². The Morgan fingerprint density at radius 3 is 2.65 bits per heavy atom. The van der Waals surface area contributed by atoms with E-state index >= 15 is 0 Å². The van der Waals surface area contributed by atoms with Gasteiger partial charge in [0, 0.05) is 30.4 Å². The molecular weight excluding hydrogens is 252 g/mol. The molecule has 112 valence electrons. The Bertz CT molecular complexity index is 457. The molecule has 0 atom stereocenters. The highest BCUT2D eigenvalue weighted by molar-refractivity contribution is 5.79. The lowest BCUT2D eigenvalue weighted by atomic mass is 10.1. The Hall–Kier alpha value is -1.78. The van der Waals surface area contributed by atoms with E-state index in [2.05, 4.69) is 34.5 Å². The first-order chi connectivity index (χ1) is 9.63. The smallest absolute Gasteiger partial charge is 0.191 e. The molecule has 5 heteroatoms. The zero-order valence-electron chi connectivity index (χ0n) is 13.2. The highest BCUT2D eigenvalue weighted by Gasteiger charge is 2.09. The minimum atomic E-state index is 0.543. The van der Waals surface area contributed by atoms with E-state index in [0.29, 0.717) is 6.54 Å². The van der Waals surface area contributed by atoms with E-state index in [9.17, 15) is 0 Å². The van der Waals surface area contributed by atoms with Gasteiger partial charge < -0.3 is 15.4 Å². The molecule has 0 radical (unpaired) electrons. The van der Waals surface area contributed by atoms with Crippen molar-refractivity contribution in [1.82, 2.24) is 15.6 Å². The fourth-order valence-electron chi connectivity index (χ4n) is 1.97. The minimum absolute atomic E-state index is 0.543. The van der Waals surface area contributed by atoms with E-state index in [-0.39, 0.29) is 0 Å². The number of ether oxygens (including phenoxy) is 1. The molecule has 0 aliphatic carbocycles. The maximum Gasteiger partial charge on any atom is 0.191 e. The molecule has 0 spiro atoms. The normalized spacial score (nSPS) is 11.3. The van der Waals surface area contributed by atoms with Crippen molar-refractivity contribution >= 4 is 5.96 Å². The van der Waals surface area contributed by atoms with E-state index in [4.69, 9.17) is 4.74 Å². The maximum absolute atomic E-state index is 5.42. The van der Waals surface area contributed by atoms with Gasteiger partial charge in [-0.2, -0.15) is 0 Å². The Morgan fingerprint density at radius 1 is 1.30 bits per heavy atom. The van der Waals surface area contributed by atoms with Gasteiger partial charge in [-0.3, -0.25) is 4.98 Å². The second-order valence-electron chi connectivity index (χ2n) is 4.67. The fourth-order valence-corrected chi connectivity index (χ4v) is 1.97. The molecule has 0 amide bonds. The number of aryl methyl sites for hydroxylation is 1. The summed E-state index contributed by atoms with van der Waals surface area (Å²) in [6, 6.07) is 0. The van der Waals surface area contributed by atoms with Crippen LogP contribution in [0.15, 0.2) is 11.2 Å². The maximum atomic E-state index is 5.42. The van der Waals surface area contributed by atoms with Crippen LogP contribution in [0.1, 0.15) is 37.1 Å². The highest BCUT2D eigenvalue weighted by Crippen LogP contribution is 2.24. The van der Waals surface area contributed by atoms with Crippen LogP contribution in [0.5, 0.6) is 5.75 Å². The summed E-state index contributed by atoms with van der Waals surface area (Å²) in [5.41, 5.74) is 3.05. The van der Waals surface area contributed by atoms with Gasteiger partial charge in [0.1, 0.15) is 5.75 Å². The molecule has 0 aliphatic heterocycles. The Labute approximate surface area is 121 Å². The molecule has 0 aliphatic rings. The monoisotopic (exact) mass is 278 g/mol. The molecular formula is C15H26N4O. The molecule has 1 rings (SSSR count). The fraction of sp³-hybridized carbons (Fsp3) is 0.600. The average molecular weight is 278 g/mol. The van der Waals surface area contributed by atoms with Crippen molar-refractivity contribution in [2.75, 3.05) is 20.2 Å². The highest BCUT2D eigenvalue weighted by atomic mass is 16.5. The van der Waals surface area contributed by atoms with Crippen molar-refractivity contribution in [1.29, 1.82) is 0 Å². The van der Waals surface area contributed by atoms with Crippen LogP contribution in [0.2, 0.25) is 0 Å². The molecule has 1 heterocycles. The van der Waals surface area contributed by atoms with Gasteiger partial charge in [0.25, 0.3) is 0 Å². The van der Waals surface area contributed by atoms with Crippen LogP contribution in [-0.4, -0.2) is 31.1 Å². The van der Waals surface area contributed by atoms with Gasteiger partial charge in [-0.05, 0) is 27.2 Å². The lowest BCUT2D eigenvalue weighted by Crippen LogP contribution is -2.37. The van der Waals surface area contributed by atoms with E-state index in [0.717, 1.165) is 48.0 Å². The van der Waals surface area contributed by atoms with Gasteiger partial charge in [0.15, 0.2) is 5.96 Å². The number of aliphatic imine (C=N–C) groups is 1. The molecule has 0 saturated heterocycles. The molecule has 0 fully saturated rings. The van der Waals surface area contributed by atoms with Gasteiger partial charge in [0.2, 0.25) is 0 Å². The SMILES string of the molecule is CCCNC(=NCc1ncc(C)c(OC)c1C)NCC. The number of guanidine groups is 1. The first-order valence-electron chi connectivity index (χ1n) is 7.15. The number of nitrogens with zero attached hydrogens (tertiary/aromatic N) is 2. The second-order valence-corrected chi connectivity index (χ2v) is 4.67.